The van der Waals surface area contributed by atoms with Crippen LogP contribution in [0.2, 0.25) is 0 Å². The Morgan fingerprint density at radius 2 is 1.50 bits per heavy atom. The Hall–Kier alpha value is -1.34. The first-order valence-electron chi connectivity index (χ1n) is 8.65. The highest BCUT2D eigenvalue weighted by molar-refractivity contribution is 5.74. The monoisotopic (exact) mass is 468 g/mol. The van der Waals surface area contributed by atoms with Crippen molar-refractivity contribution in [3.05, 3.63) is 0 Å². The van der Waals surface area contributed by atoms with E-state index in [1.807, 2.05) is 0 Å². The van der Waals surface area contributed by atoms with Crippen molar-refractivity contribution in [3.63, 3.8) is 0 Å². The largest absolute Gasteiger partial charge is 0.465 e. The van der Waals surface area contributed by atoms with Gasteiger partial charge >= 0.3 is 24.2 Å². The Kier molecular flexibility index (Phi) is 7.09. The summed E-state index contributed by atoms with van der Waals surface area (Å²) in [7, 11) is 0. The second-order valence-electron chi connectivity index (χ2n) is 7.24. The molecule has 1 saturated carbocycles. The zero-order valence-electron chi connectivity index (χ0n) is 15.6. The van der Waals surface area contributed by atoms with Crippen molar-refractivity contribution < 1.29 is 62.9 Å². The molecule has 0 bridgehead atoms. The third-order valence-electron chi connectivity index (χ3n) is 5.29. The Morgan fingerprint density at radius 1 is 1.03 bits per heavy atom. The molecule has 3 atom stereocenters. The molecule has 1 rings (SSSR count). The summed E-state index contributed by atoms with van der Waals surface area (Å²) in [6.45, 7) is -0.228. The first kappa shape index (κ1) is 26.7. The van der Waals surface area contributed by atoms with Gasteiger partial charge in [0.1, 0.15) is 5.92 Å². The number of halogens is 11. The van der Waals surface area contributed by atoms with E-state index in [2.05, 4.69) is 4.74 Å². The number of esters is 1. The van der Waals surface area contributed by atoms with E-state index in [0.717, 1.165) is 6.92 Å². The highest BCUT2D eigenvalue weighted by Gasteiger charge is 2.78. The standard InChI is InChI=1S/C16H19F11O3/c1-3-8-7-9(14(20,21)13(8,19)11(2,17)18)10(28)30-6-4-5-12(29,15(22,23)24)16(25,26)27/h8-9,29H,3-7H2,1-2H3. The van der Waals surface area contributed by atoms with Gasteiger partial charge in [0, 0.05) is 12.8 Å². The minimum absolute atomic E-state index is 0.0909. The topological polar surface area (TPSA) is 46.5 Å². The maximum absolute atomic E-state index is 14.7. The predicted molar refractivity (Wildman–Crippen MR) is 78.5 cm³/mol. The van der Waals surface area contributed by atoms with Gasteiger partial charge in [-0.05, 0) is 25.7 Å². The van der Waals surface area contributed by atoms with E-state index in [0.29, 0.717) is 0 Å². The van der Waals surface area contributed by atoms with E-state index >= 15 is 0 Å². The van der Waals surface area contributed by atoms with Crippen LogP contribution in [0.4, 0.5) is 48.3 Å². The Balaban J connectivity index is 2.88. The van der Waals surface area contributed by atoms with E-state index < -0.39 is 85.6 Å². The van der Waals surface area contributed by atoms with Crippen LogP contribution in [0.3, 0.4) is 0 Å². The number of hydrogen-bond donors (Lipinski definition) is 1. The number of rotatable bonds is 7. The van der Waals surface area contributed by atoms with Crippen molar-refractivity contribution in [2.24, 2.45) is 11.8 Å². The van der Waals surface area contributed by atoms with Gasteiger partial charge < -0.3 is 9.84 Å². The van der Waals surface area contributed by atoms with Gasteiger partial charge in [-0.1, -0.05) is 6.92 Å². The molecule has 14 heteroatoms. The number of carbonyl (C=O) groups is 1. The van der Waals surface area contributed by atoms with E-state index in [9.17, 15) is 53.1 Å². The maximum Gasteiger partial charge on any atom is 0.426 e. The van der Waals surface area contributed by atoms with E-state index in [-0.39, 0.29) is 6.92 Å². The fourth-order valence-electron chi connectivity index (χ4n) is 3.51. The highest BCUT2D eigenvalue weighted by Crippen LogP contribution is 2.61. The summed E-state index contributed by atoms with van der Waals surface area (Å²) in [4.78, 5) is 11.8. The molecule has 30 heavy (non-hydrogen) atoms. The minimum Gasteiger partial charge on any atom is -0.465 e. The van der Waals surface area contributed by atoms with Crippen molar-refractivity contribution >= 4 is 5.97 Å². The van der Waals surface area contributed by atoms with Gasteiger partial charge in [0.2, 0.25) is 5.67 Å². The summed E-state index contributed by atoms with van der Waals surface area (Å²) >= 11 is 0. The van der Waals surface area contributed by atoms with Crippen LogP contribution in [0.25, 0.3) is 0 Å². The lowest BCUT2D eigenvalue weighted by molar-refractivity contribution is -0.370. The zero-order valence-corrected chi connectivity index (χ0v) is 15.6. The third-order valence-corrected chi connectivity index (χ3v) is 5.29. The molecule has 0 aromatic heterocycles. The van der Waals surface area contributed by atoms with Crippen molar-refractivity contribution in [1.29, 1.82) is 0 Å². The molecule has 0 saturated heterocycles. The summed E-state index contributed by atoms with van der Waals surface area (Å²) in [5, 5.41) is 8.93. The summed E-state index contributed by atoms with van der Waals surface area (Å²) in [5.41, 5.74) is -9.53. The molecular weight excluding hydrogens is 449 g/mol. The molecule has 0 aromatic carbocycles. The summed E-state index contributed by atoms with van der Waals surface area (Å²) in [6, 6.07) is 0. The summed E-state index contributed by atoms with van der Waals surface area (Å²) in [6.07, 6.45) is -17.1. The maximum atomic E-state index is 14.7. The minimum atomic E-state index is -6.12. The van der Waals surface area contributed by atoms with Crippen molar-refractivity contribution in [2.75, 3.05) is 6.61 Å². The normalized spacial score (nSPS) is 27.9. The summed E-state index contributed by atoms with van der Waals surface area (Å²) in [5.74, 6) is -16.1. The number of ether oxygens (including phenoxy) is 1. The molecule has 0 spiro atoms. The van der Waals surface area contributed by atoms with Crippen LogP contribution in [0.1, 0.15) is 39.5 Å². The lowest BCUT2D eigenvalue weighted by Crippen LogP contribution is -2.58. The molecule has 3 unspecified atom stereocenters. The number of alkyl halides is 11. The highest BCUT2D eigenvalue weighted by atomic mass is 19.4. The quantitative estimate of drug-likeness (QED) is 0.317. The molecule has 1 fully saturated rings. The Bertz CT molecular complexity index is 609. The molecule has 0 heterocycles. The van der Waals surface area contributed by atoms with Gasteiger partial charge in [-0.25, -0.2) is 22.0 Å². The van der Waals surface area contributed by atoms with Gasteiger partial charge in [-0.3, -0.25) is 4.79 Å². The van der Waals surface area contributed by atoms with Crippen molar-refractivity contribution in [1.82, 2.24) is 0 Å². The average molecular weight is 468 g/mol. The Labute approximate surface area is 163 Å². The zero-order chi connectivity index (χ0) is 24.0. The fourth-order valence-corrected chi connectivity index (χ4v) is 3.51. The molecular formula is C16H19F11O3. The first-order valence-corrected chi connectivity index (χ1v) is 8.65. The molecule has 0 amide bonds. The molecule has 3 nitrogen and oxygen atoms in total. The van der Waals surface area contributed by atoms with Gasteiger partial charge in [-0.2, -0.15) is 26.3 Å². The number of hydrogen-bond acceptors (Lipinski definition) is 3. The van der Waals surface area contributed by atoms with Crippen LogP contribution in [-0.2, 0) is 9.53 Å². The SMILES string of the molecule is CCC1CC(C(=O)OCCCC(O)(C(F)(F)F)C(F)(F)F)C(F)(F)C1(F)C(C)(F)F. The van der Waals surface area contributed by atoms with Crippen LogP contribution in [0.5, 0.6) is 0 Å². The summed E-state index contributed by atoms with van der Waals surface area (Å²) < 4.78 is 150. The van der Waals surface area contributed by atoms with E-state index in [1.54, 1.807) is 0 Å². The van der Waals surface area contributed by atoms with Crippen LogP contribution >= 0.6 is 0 Å². The van der Waals surface area contributed by atoms with Crippen LogP contribution in [0, 0.1) is 11.8 Å². The average Bonchev–Trinajstić information content (AvgIpc) is 2.76. The predicted octanol–water partition coefficient (Wildman–Crippen LogP) is 5.21. The molecule has 0 aliphatic heterocycles. The van der Waals surface area contributed by atoms with Crippen LogP contribution in [0.15, 0.2) is 0 Å². The van der Waals surface area contributed by atoms with E-state index in [1.165, 1.54) is 0 Å². The lowest BCUT2D eigenvalue weighted by Gasteiger charge is -2.37. The van der Waals surface area contributed by atoms with Crippen LogP contribution in [-0.4, -0.2) is 53.2 Å². The second-order valence-corrected chi connectivity index (χ2v) is 7.24. The second kappa shape index (κ2) is 7.97. The van der Waals surface area contributed by atoms with Gasteiger partial charge in [-0.15, -0.1) is 0 Å². The lowest BCUT2D eigenvalue weighted by atomic mass is 9.83. The van der Waals surface area contributed by atoms with Gasteiger partial charge in [0.05, 0.1) is 6.61 Å². The smallest absolute Gasteiger partial charge is 0.426 e. The fraction of sp³-hybridized carbons (Fsp3) is 0.938. The van der Waals surface area contributed by atoms with Gasteiger partial charge in [0.15, 0.2) is 0 Å². The Morgan fingerprint density at radius 3 is 1.83 bits per heavy atom. The molecule has 178 valence electrons. The van der Waals surface area contributed by atoms with Crippen molar-refractivity contribution in [2.45, 2.75) is 75.0 Å². The molecule has 0 aromatic rings. The third kappa shape index (κ3) is 4.20. The first-order chi connectivity index (χ1) is 13.2. The number of aliphatic hydroxyl groups is 1. The number of carbonyl (C=O) groups excluding carboxylic acids is 1. The van der Waals surface area contributed by atoms with Crippen LogP contribution < -0.4 is 0 Å². The van der Waals surface area contributed by atoms with E-state index in [4.69, 9.17) is 5.11 Å². The molecule has 1 aliphatic carbocycles. The molecule has 1 N–H and O–H groups in total. The molecule has 1 aliphatic rings. The van der Waals surface area contributed by atoms with Gasteiger partial charge in [0.25, 0.3) is 11.5 Å². The van der Waals surface area contributed by atoms with Crippen molar-refractivity contribution in [3.8, 4) is 0 Å². The molecule has 0 radical (unpaired) electrons.